The Balaban J connectivity index is 1.86. The third kappa shape index (κ3) is 4.32. The van der Waals surface area contributed by atoms with Crippen molar-refractivity contribution in [3.05, 3.63) is 53.7 Å². The SMILES string of the molecule is COc1cc(Nc2nccc(Nc3ccccc3OC)n2)c(OC)cc1Cl. The number of ether oxygens (including phenoxy) is 3. The summed E-state index contributed by atoms with van der Waals surface area (Å²) in [6, 6.07) is 12.7. The predicted octanol–water partition coefficient (Wildman–Crippen LogP) is 4.64. The molecule has 0 bridgehead atoms. The molecule has 0 aliphatic heterocycles. The molecule has 0 amide bonds. The van der Waals surface area contributed by atoms with Crippen molar-refractivity contribution in [3.8, 4) is 17.2 Å². The number of para-hydroxylation sites is 2. The number of nitrogens with zero attached hydrogens (tertiary/aromatic N) is 2. The zero-order valence-electron chi connectivity index (χ0n) is 15.1. The number of nitrogens with one attached hydrogen (secondary N) is 2. The van der Waals surface area contributed by atoms with E-state index in [-0.39, 0.29) is 0 Å². The summed E-state index contributed by atoms with van der Waals surface area (Å²) >= 11 is 6.14. The largest absolute Gasteiger partial charge is 0.495 e. The van der Waals surface area contributed by atoms with Gasteiger partial charge in [-0.15, -0.1) is 0 Å². The second-order valence-corrected chi connectivity index (χ2v) is 5.81. The van der Waals surface area contributed by atoms with E-state index in [2.05, 4.69) is 20.6 Å². The summed E-state index contributed by atoms with van der Waals surface area (Å²) in [7, 11) is 4.73. The van der Waals surface area contributed by atoms with Gasteiger partial charge >= 0.3 is 0 Å². The standard InChI is InChI=1S/C19H19ClN4O3/c1-25-15-7-5-4-6-13(15)22-18-8-9-21-19(24-18)23-14-11-16(26-2)12(20)10-17(14)27-3/h4-11H,1-3H3,(H2,21,22,23,24). The Morgan fingerprint density at radius 3 is 2.30 bits per heavy atom. The fourth-order valence-corrected chi connectivity index (χ4v) is 2.68. The van der Waals surface area contributed by atoms with Gasteiger partial charge in [0.25, 0.3) is 0 Å². The van der Waals surface area contributed by atoms with Crippen LogP contribution in [0.15, 0.2) is 48.7 Å². The van der Waals surface area contributed by atoms with E-state index in [9.17, 15) is 0 Å². The monoisotopic (exact) mass is 386 g/mol. The van der Waals surface area contributed by atoms with Gasteiger partial charge in [0.05, 0.1) is 37.7 Å². The van der Waals surface area contributed by atoms with Gasteiger partial charge in [-0.3, -0.25) is 0 Å². The third-order valence-corrected chi connectivity index (χ3v) is 4.04. The molecule has 0 saturated heterocycles. The van der Waals surface area contributed by atoms with Crippen LogP contribution in [0.5, 0.6) is 17.2 Å². The lowest BCUT2D eigenvalue weighted by Gasteiger charge is -2.14. The van der Waals surface area contributed by atoms with Crippen molar-refractivity contribution in [3.63, 3.8) is 0 Å². The molecule has 0 unspecified atom stereocenters. The molecule has 0 atom stereocenters. The molecule has 0 radical (unpaired) electrons. The Morgan fingerprint density at radius 2 is 1.56 bits per heavy atom. The van der Waals surface area contributed by atoms with Crippen molar-refractivity contribution >= 4 is 34.7 Å². The van der Waals surface area contributed by atoms with Gasteiger partial charge in [0.1, 0.15) is 23.1 Å². The molecule has 1 aromatic heterocycles. The van der Waals surface area contributed by atoms with E-state index in [1.54, 1.807) is 45.7 Å². The highest BCUT2D eigenvalue weighted by molar-refractivity contribution is 6.32. The van der Waals surface area contributed by atoms with Gasteiger partial charge in [-0.2, -0.15) is 4.98 Å². The van der Waals surface area contributed by atoms with Crippen LogP contribution in [0.1, 0.15) is 0 Å². The quantitative estimate of drug-likeness (QED) is 0.612. The lowest BCUT2D eigenvalue weighted by Crippen LogP contribution is -2.02. The molecule has 2 aromatic carbocycles. The van der Waals surface area contributed by atoms with Crippen LogP contribution in [0.2, 0.25) is 5.02 Å². The topological polar surface area (TPSA) is 77.5 Å². The molecule has 7 nitrogen and oxygen atoms in total. The Hall–Kier alpha value is -3.19. The van der Waals surface area contributed by atoms with Crippen LogP contribution in [0.3, 0.4) is 0 Å². The van der Waals surface area contributed by atoms with E-state index < -0.39 is 0 Å². The fourth-order valence-electron chi connectivity index (χ4n) is 2.45. The number of hydrogen-bond acceptors (Lipinski definition) is 7. The first kappa shape index (κ1) is 18.6. The van der Waals surface area contributed by atoms with Crippen LogP contribution in [0.4, 0.5) is 23.1 Å². The van der Waals surface area contributed by atoms with Crippen LogP contribution in [0.25, 0.3) is 0 Å². The van der Waals surface area contributed by atoms with Gasteiger partial charge in [-0.05, 0) is 18.2 Å². The molecule has 0 aliphatic rings. The first-order valence-corrected chi connectivity index (χ1v) is 8.44. The second kappa shape index (κ2) is 8.46. The van der Waals surface area contributed by atoms with Gasteiger partial charge in [0, 0.05) is 18.3 Å². The highest BCUT2D eigenvalue weighted by atomic mass is 35.5. The van der Waals surface area contributed by atoms with E-state index in [0.29, 0.717) is 34.0 Å². The number of rotatable bonds is 7. The van der Waals surface area contributed by atoms with Crippen molar-refractivity contribution in [2.75, 3.05) is 32.0 Å². The summed E-state index contributed by atoms with van der Waals surface area (Å²) in [5.74, 6) is 2.78. The summed E-state index contributed by atoms with van der Waals surface area (Å²) in [5, 5.41) is 6.79. The van der Waals surface area contributed by atoms with Crippen molar-refractivity contribution in [2.45, 2.75) is 0 Å². The maximum atomic E-state index is 6.14. The summed E-state index contributed by atoms with van der Waals surface area (Å²) in [4.78, 5) is 8.72. The van der Waals surface area contributed by atoms with Crippen LogP contribution < -0.4 is 24.8 Å². The normalized spacial score (nSPS) is 10.2. The minimum atomic E-state index is 0.387. The highest BCUT2D eigenvalue weighted by Crippen LogP contribution is 2.37. The molecule has 0 fully saturated rings. The molecular weight excluding hydrogens is 368 g/mol. The van der Waals surface area contributed by atoms with E-state index in [4.69, 9.17) is 25.8 Å². The van der Waals surface area contributed by atoms with E-state index in [0.717, 1.165) is 11.4 Å². The van der Waals surface area contributed by atoms with Gasteiger partial charge in [0.15, 0.2) is 0 Å². The number of aromatic nitrogens is 2. The minimum Gasteiger partial charge on any atom is -0.495 e. The summed E-state index contributed by atoms with van der Waals surface area (Å²) < 4.78 is 16.0. The molecule has 140 valence electrons. The van der Waals surface area contributed by atoms with Crippen LogP contribution >= 0.6 is 11.6 Å². The highest BCUT2D eigenvalue weighted by Gasteiger charge is 2.12. The molecule has 0 saturated carbocycles. The summed E-state index contributed by atoms with van der Waals surface area (Å²) in [6.07, 6.45) is 1.65. The van der Waals surface area contributed by atoms with Crippen molar-refractivity contribution in [1.82, 2.24) is 9.97 Å². The van der Waals surface area contributed by atoms with E-state index in [1.165, 1.54) is 0 Å². The first-order chi connectivity index (χ1) is 13.1. The molecule has 0 aliphatic carbocycles. The molecule has 2 N–H and O–H groups in total. The van der Waals surface area contributed by atoms with Crippen LogP contribution in [0, 0.1) is 0 Å². The lowest BCUT2D eigenvalue weighted by atomic mass is 10.2. The molecule has 3 rings (SSSR count). The zero-order valence-corrected chi connectivity index (χ0v) is 15.9. The molecule has 3 aromatic rings. The Bertz CT molecular complexity index is 937. The van der Waals surface area contributed by atoms with Crippen molar-refractivity contribution in [1.29, 1.82) is 0 Å². The van der Waals surface area contributed by atoms with Crippen molar-refractivity contribution in [2.24, 2.45) is 0 Å². The third-order valence-electron chi connectivity index (χ3n) is 3.75. The Labute approximate surface area is 162 Å². The first-order valence-electron chi connectivity index (χ1n) is 8.06. The number of halogens is 1. The van der Waals surface area contributed by atoms with Crippen LogP contribution in [-0.4, -0.2) is 31.3 Å². The molecule has 27 heavy (non-hydrogen) atoms. The average molecular weight is 387 g/mol. The van der Waals surface area contributed by atoms with Crippen molar-refractivity contribution < 1.29 is 14.2 Å². The van der Waals surface area contributed by atoms with Gasteiger partial charge in [-0.25, -0.2) is 4.98 Å². The molecular formula is C19H19ClN4O3. The number of methoxy groups -OCH3 is 3. The van der Waals surface area contributed by atoms with Gasteiger partial charge < -0.3 is 24.8 Å². The molecule has 0 spiro atoms. The Morgan fingerprint density at radius 1 is 0.815 bits per heavy atom. The van der Waals surface area contributed by atoms with E-state index >= 15 is 0 Å². The summed E-state index contributed by atoms with van der Waals surface area (Å²) in [5.41, 5.74) is 1.43. The smallest absolute Gasteiger partial charge is 0.229 e. The van der Waals surface area contributed by atoms with Gasteiger partial charge in [0.2, 0.25) is 5.95 Å². The fraction of sp³-hybridized carbons (Fsp3) is 0.158. The minimum absolute atomic E-state index is 0.387. The average Bonchev–Trinajstić information content (AvgIpc) is 2.69. The van der Waals surface area contributed by atoms with E-state index in [1.807, 2.05) is 24.3 Å². The second-order valence-electron chi connectivity index (χ2n) is 5.40. The number of hydrogen-bond donors (Lipinski definition) is 2. The Kier molecular flexibility index (Phi) is 5.83. The predicted molar refractivity (Wildman–Crippen MR) is 106 cm³/mol. The maximum Gasteiger partial charge on any atom is 0.229 e. The summed E-state index contributed by atoms with van der Waals surface area (Å²) in [6.45, 7) is 0. The van der Waals surface area contributed by atoms with Crippen LogP contribution in [-0.2, 0) is 0 Å². The number of benzene rings is 2. The zero-order chi connectivity index (χ0) is 19.2. The van der Waals surface area contributed by atoms with Gasteiger partial charge in [-0.1, -0.05) is 23.7 Å². The number of anilines is 4. The lowest BCUT2D eigenvalue weighted by molar-refractivity contribution is 0.405. The molecule has 8 heteroatoms. The maximum absolute atomic E-state index is 6.14. The molecule has 1 heterocycles.